The summed E-state index contributed by atoms with van der Waals surface area (Å²) in [5, 5.41) is 19.3. The molecule has 0 saturated carbocycles. The number of hydrogen-bond donors (Lipinski definition) is 4. The molecule has 1 amide bonds. The zero-order chi connectivity index (χ0) is 12.3. The van der Waals surface area contributed by atoms with E-state index in [4.69, 9.17) is 11.5 Å². The van der Waals surface area contributed by atoms with Gasteiger partial charge in [-0.25, -0.2) is 0 Å². The molecule has 5 nitrogen and oxygen atoms in total. The van der Waals surface area contributed by atoms with E-state index >= 15 is 0 Å². The van der Waals surface area contributed by atoms with E-state index in [9.17, 15) is 15.0 Å². The highest BCUT2D eigenvalue weighted by Crippen LogP contribution is 2.22. The van der Waals surface area contributed by atoms with Gasteiger partial charge in [0.15, 0.2) is 0 Å². The van der Waals surface area contributed by atoms with Crippen LogP contribution in [-0.2, 0) is 4.79 Å². The number of rotatable bonds is 4. The Balaban J connectivity index is 2.83. The van der Waals surface area contributed by atoms with Crippen LogP contribution in [0.4, 0.5) is 5.69 Å². The monoisotopic (exact) mass is 224 g/mol. The lowest BCUT2D eigenvalue weighted by Gasteiger charge is -2.17. The highest BCUT2D eigenvalue weighted by atomic mass is 16.3. The molecule has 0 aliphatic carbocycles. The first-order valence-electron chi connectivity index (χ1n) is 4.92. The molecule has 16 heavy (non-hydrogen) atoms. The van der Waals surface area contributed by atoms with Crippen LogP contribution in [-0.4, -0.2) is 22.2 Å². The van der Waals surface area contributed by atoms with Gasteiger partial charge >= 0.3 is 0 Å². The van der Waals surface area contributed by atoms with E-state index in [1.54, 1.807) is 25.1 Å². The average molecular weight is 224 g/mol. The molecule has 2 unspecified atom stereocenters. The van der Waals surface area contributed by atoms with Crippen LogP contribution in [0.5, 0.6) is 0 Å². The predicted molar refractivity (Wildman–Crippen MR) is 60.4 cm³/mol. The van der Waals surface area contributed by atoms with Crippen molar-refractivity contribution in [2.75, 3.05) is 5.73 Å². The molecule has 88 valence electrons. The number of aliphatic hydroxyl groups excluding tert-OH is 2. The smallest absolute Gasteiger partial charge is 0.220 e. The van der Waals surface area contributed by atoms with Gasteiger partial charge in [0.1, 0.15) is 6.10 Å². The topological polar surface area (TPSA) is 110 Å². The molecule has 0 aliphatic heterocycles. The largest absolute Gasteiger partial charge is 0.399 e. The Labute approximate surface area is 93.7 Å². The van der Waals surface area contributed by atoms with Crippen molar-refractivity contribution in [1.82, 2.24) is 0 Å². The molecule has 0 bridgehead atoms. The van der Waals surface area contributed by atoms with Crippen molar-refractivity contribution >= 4 is 11.6 Å². The Hall–Kier alpha value is -1.59. The van der Waals surface area contributed by atoms with Gasteiger partial charge in [-0.15, -0.1) is 0 Å². The minimum atomic E-state index is -1.19. The van der Waals surface area contributed by atoms with Gasteiger partial charge in [-0.2, -0.15) is 0 Å². The number of aliphatic hydroxyl groups is 2. The summed E-state index contributed by atoms with van der Waals surface area (Å²) in [6.45, 7) is 1.80. The van der Waals surface area contributed by atoms with E-state index in [-0.39, 0.29) is 6.42 Å². The van der Waals surface area contributed by atoms with E-state index in [1.165, 1.54) is 0 Å². The Kier molecular flexibility index (Phi) is 3.87. The number of hydrogen-bond acceptors (Lipinski definition) is 4. The molecule has 0 spiro atoms. The van der Waals surface area contributed by atoms with Gasteiger partial charge in [0.05, 0.1) is 12.5 Å². The third-order valence-electron chi connectivity index (χ3n) is 2.41. The van der Waals surface area contributed by atoms with Crippen molar-refractivity contribution in [2.24, 2.45) is 5.73 Å². The lowest BCUT2D eigenvalue weighted by molar-refractivity contribution is -0.121. The molecule has 0 aromatic heterocycles. The van der Waals surface area contributed by atoms with E-state index < -0.39 is 18.1 Å². The SMILES string of the molecule is Cc1cc(C(O)C(O)CC(N)=O)ccc1N. The molecule has 1 aromatic rings. The van der Waals surface area contributed by atoms with Gasteiger partial charge in [-0.3, -0.25) is 4.79 Å². The second kappa shape index (κ2) is 4.96. The van der Waals surface area contributed by atoms with Crippen molar-refractivity contribution < 1.29 is 15.0 Å². The Morgan fingerprint density at radius 3 is 2.56 bits per heavy atom. The number of anilines is 1. The Morgan fingerprint density at radius 2 is 2.06 bits per heavy atom. The summed E-state index contributed by atoms with van der Waals surface area (Å²) in [6, 6.07) is 4.92. The van der Waals surface area contributed by atoms with Crippen LogP contribution in [0.15, 0.2) is 18.2 Å². The zero-order valence-corrected chi connectivity index (χ0v) is 9.05. The minimum Gasteiger partial charge on any atom is -0.399 e. The van der Waals surface area contributed by atoms with Gasteiger partial charge in [0, 0.05) is 5.69 Å². The molecule has 0 aliphatic rings. The van der Waals surface area contributed by atoms with E-state index in [1.807, 2.05) is 0 Å². The number of amides is 1. The molecule has 1 rings (SSSR count). The van der Waals surface area contributed by atoms with Crippen molar-refractivity contribution in [2.45, 2.75) is 25.6 Å². The molecule has 0 radical (unpaired) electrons. The van der Waals surface area contributed by atoms with E-state index in [0.29, 0.717) is 11.3 Å². The highest BCUT2D eigenvalue weighted by Gasteiger charge is 2.20. The third kappa shape index (κ3) is 2.95. The fourth-order valence-electron chi connectivity index (χ4n) is 1.42. The van der Waals surface area contributed by atoms with E-state index in [2.05, 4.69) is 0 Å². The molecule has 1 aromatic carbocycles. The highest BCUT2D eigenvalue weighted by molar-refractivity contribution is 5.74. The van der Waals surface area contributed by atoms with Crippen molar-refractivity contribution in [3.05, 3.63) is 29.3 Å². The number of primary amides is 1. The molecule has 6 N–H and O–H groups in total. The molecular weight excluding hydrogens is 208 g/mol. The summed E-state index contributed by atoms with van der Waals surface area (Å²) in [4.78, 5) is 10.6. The van der Waals surface area contributed by atoms with Crippen molar-refractivity contribution in [3.8, 4) is 0 Å². The number of benzene rings is 1. The standard InChI is InChI=1S/C11H16N2O3/c1-6-4-7(2-3-8(6)12)11(16)9(14)5-10(13)15/h2-4,9,11,14,16H,5,12H2,1H3,(H2,13,15). The fourth-order valence-corrected chi connectivity index (χ4v) is 1.42. The number of nitrogen functional groups attached to an aromatic ring is 1. The quantitative estimate of drug-likeness (QED) is 0.533. The summed E-state index contributed by atoms with van der Waals surface area (Å²) in [5.41, 5.74) is 12.5. The number of aryl methyl sites for hydroxylation is 1. The molecule has 0 heterocycles. The maximum Gasteiger partial charge on any atom is 0.220 e. The van der Waals surface area contributed by atoms with Crippen LogP contribution in [0.25, 0.3) is 0 Å². The molecule has 5 heteroatoms. The third-order valence-corrected chi connectivity index (χ3v) is 2.41. The predicted octanol–water partition coefficient (Wildman–Crippen LogP) is -0.153. The molecule has 0 saturated heterocycles. The normalized spacial score (nSPS) is 14.4. The second-order valence-electron chi connectivity index (χ2n) is 3.80. The van der Waals surface area contributed by atoms with Gasteiger partial charge in [-0.05, 0) is 24.1 Å². The maximum absolute atomic E-state index is 10.6. The molecule has 2 atom stereocenters. The van der Waals surface area contributed by atoms with Gasteiger partial charge in [-0.1, -0.05) is 12.1 Å². The van der Waals surface area contributed by atoms with Crippen LogP contribution < -0.4 is 11.5 Å². The summed E-state index contributed by atoms with van der Waals surface area (Å²) in [7, 11) is 0. The summed E-state index contributed by atoms with van der Waals surface area (Å²) < 4.78 is 0. The van der Waals surface area contributed by atoms with Crippen molar-refractivity contribution in [3.63, 3.8) is 0 Å². The number of carbonyl (C=O) groups excluding carboxylic acids is 1. The lowest BCUT2D eigenvalue weighted by atomic mass is 9.99. The second-order valence-corrected chi connectivity index (χ2v) is 3.80. The van der Waals surface area contributed by atoms with E-state index in [0.717, 1.165) is 5.56 Å². The van der Waals surface area contributed by atoms with Crippen LogP contribution in [0.3, 0.4) is 0 Å². The Bertz CT molecular complexity index is 393. The van der Waals surface area contributed by atoms with Crippen LogP contribution in [0.2, 0.25) is 0 Å². The van der Waals surface area contributed by atoms with Gasteiger partial charge in [0.2, 0.25) is 5.91 Å². The number of nitrogens with two attached hydrogens (primary N) is 2. The summed E-state index contributed by atoms with van der Waals surface area (Å²) in [5.74, 6) is -0.654. The average Bonchev–Trinajstić information content (AvgIpc) is 2.20. The first-order chi connectivity index (χ1) is 7.41. The maximum atomic E-state index is 10.6. The van der Waals surface area contributed by atoms with Crippen LogP contribution in [0, 0.1) is 6.92 Å². The first kappa shape index (κ1) is 12.5. The van der Waals surface area contributed by atoms with Gasteiger partial charge < -0.3 is 21.7 Å². The van der Waals surface area contributed by atoms with Crippen LogP contribution >= 0.6 is 0 Å². The zero-order valence-electron chi connectivity index (χ0n) is 9.05. The van der Waals surface area contributed by atoms with Gasteiger partial charge in [0.25, 0.3) is 0 Å². The number of carbonyl (C=O) groups is 1. The summed E-state index contributed by atoms with van der Waals surface area (Å²) >= 11 is 0. The van der Waals surface area contributed by atoms with Crippen molar-refractivity contribution in [1.29, 1.82) is 0 Å². The lowest BCUT2D eigenvalue weighted by Crippen LogP contribution is -2.25. The molecule has 0 fully saturated rings. The first-order valence-corrected chi connectivity index (χ1v) is 4.92. The van der Waals surface area contributed by atoms with Crippen LogP contribution in [0.1, 0.15) is 23.7 Å². The minimum absolute atomic E-state index is 0.273. The Morgan fingerprint density at radius 1 is 1.44 bits per heavy atom. The molecular formula is C11H16N2O3. The fraction of sp³-hybridized carbons (Fsp3) is 0.364. The summed E-state index contributed by atoms with van der Waals surface area (Å²) in [6.07, 6.45) is -2.60.